The number of nitrogens with zero attached hydrogens (tertiary/aromatic N) is 2. The van der Waals surface area contributed by atoms with Crippen LogP contribution in [-0.4, -0.2) is 17.1 Å². The number of aromatic nitrogens is 2. The van der Waals surface area contributed by atoms with Gasteiger partial charge < -0.3 is 10.2 Å². The van der Waals surface area contributed by atoms with E-state index in [-0.39, 0.29) is 0 Å². The van der Waals surface area contributed by atoms with Crippen molar-refractivity contribution in [2.24, 2.45) is 5.84 Å². The summed E-state index contributed by atoms with van der Waals surface area (Å²) in [5, 5.41) is 0. The Morgan fingerprint density at radius 1 is 1.35 bits per heavy atom. The highest BCUT2D eigenvalue weighted by atomic mass is 16.5. The summed E-state index contributed by atoms with van der Waals surface area (Å²) in [5.41, 5.74) is 3.48. The highest BCUT2D eigenvalue weighted by Gasteiger charge is 2.19. The molecule has 1 saturated carbocycles. The molecule has 0 radical (unpaired) electrons. The molecule has 1 aliphatic rings. The lowest BCUT2D eigenvalue weighted by Crippen LogP contribution is -2.15. The number of ether oxygens (including phenoxy) is 1. The first-order chi connectivity index (χ1) is 8.33. The number of methoxy groups -OCH3 is 1. The minimum absolute atomic E-state index is 0.479. The first kappa shape index (κ1) is 12.3. The third-order valence-corrected chi connectivity index (χ3v) is 3.21. The van der Waals surface area contributed by atoms with E-state index in [1.165, 1.54) is 32.1 Å². The second kappa shape index (κ2) is 5.93. The minimum atomic E-state index is 0.479. The quantitative estimate of drug-likeness (QED) is 0.617. The molecule has 0 saturated heterocycles. The van der Waals surface area contributed by atoms with Gasteiger partial charge in [0, 0.05) is 19.1 Å². The fourth-order valence-electron chi connectivity index (χ4n) is 2.36. The van der Waals surface area contributed by atoms with Crippen LogP contribution in [0.2, 0.25) is 0 Å². The van der Waals surface area contributed by atoms with Crippen LogP contribution in [0.15, 0.2) is 6.07 Å². The Labute approximate surface area is 102 Å². The van der Waals surface area contributed by atoms with E-state index in [2.05, 4.69) is 15.4 Å². The topological polar surface area (TPSA) is 73.1 Å². The maximum Gasteiger partial charge on any atom is 0.144 e. The number of anilines is 1. The monoisotopic (exact) mass is 236 g/mol. The van der Waals surface area contributed by atoms with Gasteiger partial charge in [0.25, 0.3) is 0 Å². The molecule has 1 aromatic rings. The molecule has 0 bridgehead atoms. The van der Waals surface area contributed by atoms with Gasteiger partial charge in [0.05, 0.1) is 12.3 Å². The number of hydrogen-bond acceptors (Lipinski definition) is 5. The standard InChI is InChI=1S/C12H20N4O/c1-17-8-10-7-11(16-13)15-12(14-10)9-5-3-2-4-6-9/h7,9H,2-6,8,13H2,1H3,(H,14,15,16). The summed E-state index contributed by atoms with van der Waals surface area (Å²) >= 11 is 0. The summed E-state index contributed by atoms with van der Waals surface area (Å²) in [4.78, 5) is 9.02. The Morgan fingerprint density at radius 3 is 2.76 bits per heavy atom. The van der Waals surface area contributed by atoms with Crippen molar-refractivity contribution in [3.63, 3.8) is 0 Å². The highest BCUT2D eigenvalue weighted by molar-refractivity contribution is 5.34. The van der Waals surface area contributed by atoms with E-state index in [0.29, 0.717) is 18.3 Å². The Kier molecular flexibility index (Phi) is 4.28. The predicted molar refractivity (Wildman–Crippen MR) is 66.4 cm³/mol. The van der Waals surface area contributed by atoms with Gasteiger partial charge in [-0.3, -0.25) is 0 Å². The summed E-state index contributed by atoms with van der Waals surface area (Å²) in [6, 6.07) is 1.83. The van der Waals surface area contributed by atoms with Gasteiger partial charge in [-0.2, -0.15) is 0 Å². The van der Waals surface area contributed by atoms with Crippen LogP contribution in [0.5, 0.6) is 0 Å². The zero-order valence-corrected chi connectivity index (χ0v) is 10.3. The second-order valence-electron chi connectivity index (χ2n) is 4.52. The molecule has 0 amide bonds. The normalized spacial score (nSPS) is 17.1. The van der Waals surface area contributed by atoms with Crippen LogP contribution < -0.4 is 11.3 Å². The molecule has 1 heterocycles. The third kappa shape index (κ3) is 3.14. The summed E-state index contributed by atoms with van der Waals surface area (Å²) in [7, 11) is 1.66. The third-order valence-electron chi connectivity index (χ3n) is 3.21. The van der Waals surface area contributed by atoms with Crippen molar-refractivity contribution < 1.29 is 4.74 Å². The van der Waals surface area contributed by atoms with Gasteiger partial charge in [0.15, 0.2) is 0 Å². The lowest BCUT2D eigenvalue weighted by atomic mass is 9.88. The molecule has 3 N–H and O–H groups in total. The number of hydrazine groups is 1. The molecular weight excluding hydrogens is 216 g/mol. The van der Waals surface area contributed by atoms with Crippen molar-refractivity contribution >= 4 is 5.82 Å². The Morgan fingerprint density at radius 2 is 2.12 bits per heavy atom. The number of nitrogens with one attached hydrogen (secondary N) is 1. The van der Waals surface area contributed by atoms with E-state index in [4.69, 9.17) is 10.6 Å². The molecule has 1 aliphatic carbocycles. The average Bonchev–Trinajstić information content (AvgIpc) is 2.40. The van der Waals surface area contributed by atoms with Crippen LogP contribution in [0.4, 0.5) is 5.82 Å². The molecule has 0 unspecified atom stereocenters. The van der Waals surface area contributed by atoms with E-state index in [1.54, 1.807) is 7.11 Å². The van der Waals surface area contributed by atoms with Gasteiger partial charge in [-0.1, -0.05) is 19.3 Å². The zero-order valence-electron chi connectivity index (χ0n) is 10.3. The maximum atomic E-state index is 5.43. The van der Waals surface area contributed by atoms with Crippen molar-refractivity contribution in [1.82, 2.24) is 9.97 Å². The van der Waals surface area contributed by atoms with E-state index >= 15 is 0 Å². The molecule has 0 aliphatic heterocycles. The van der Waals surface area contributed by atoms with Crippen LogP contribution >= 0.6 is 0 Å². The van der Waals surface area contributed by atoms with Gasteiger partial charge in [-0.15, -0.1) is 0 Å². The fraction of sp³-hybridized carbons (Fsp3) is 0.667. The number of nitrogens with two attached hydrogens (primary N) is 1. The van der Waals surface area contributed by atoms with E-state index < -0.39 is 0 Å². The van der Waals surface area contributed by atoms with Crippen molar-refractivity contribution in [2.45, 2.75) is 44.6 Å². The molecule has 5 heteroatoms. The summed E-state index contributed by atoms with van der Waals surface area (Å²) < 4.78 is 5.11. The fourth-order valence-corrected chi connectivity index (χ4v) is 2.36. The van der Waals surface area contributed by atoms with Gasteiger partial charge in [-0.05, 0) is 12.8 Å². The summed E-state index contributed by atoms with van der Waals surface area (Å²) in [6.45, 7) is 0.497. The molecule has 2 rings (SSSR count). The molecule has 1 aromatic heterocycles. The number of hydrogen-bond donors (Lipinski definition) is 2. The zero-order chi connectivity index (χ0) is 12.1. The largest absolute Gasteiger partial charge is 0.378 e. The smallest absolute Gasteiger partial charge is 0.144 e. The SMILES string of the molecule is COCc1cc(NN)nc(C2CCCCC2)n1. The van der Waals surface area contributed by atoms with Crippen molar-refractivity contribution in [3.8, 4) is 0 Å². The molecule has 0 spiro atoms. The Balaban J connectivity index is 2.21. The minimum Gasteiger partial charge on any atom is -0.378 e. The van der Waals surface area contributed by atoms with Crippen molar-refractivity contribution in [3.05, 3.63) is 17.6 Å². The van der Waals surface area contributed by atoms with E-state index in [0.717, 1.165) is 11.5 Å². The highest BCUT2D eigenvalue weighted by Crippen LogP contribution is 2.31. The lowest BCUT2D eigenvalue weighted by Gasteiger charge is -2.21. The van der Waals surface area contributed by atoms with Crippen molar-refractivity contribution in [1.29, 1.82) is 0 Å². The van der Waals surface area contributed by atoms with Gasteiger partial charge >= 0.3 is 0 Å². The van der Waals surface area contributed by atoms with Crippen molar-refractivity contribution in [2.75, 3.05) is 12.5 Å². The number of rotatable bonds is 4. The van der Waals surface area contributed by atoms with Crippen LogP contribution in [-0.2, 0) is 11.3 Å². The van der Waals surface area contributed by atoms with Crippen LogP contribution in [0, 0.1) is 0 Å². The molecule has 1 fully saturated rings. The predicted octanol–water partition coefficient (Wildman–Crippen LogP) is 1.96. The van der Waals surface area contributed by atoms with E-state index in [1.807, 2.05) is 6.07 Å². The molecule has 0 aromatic carbocycles. The van der Waals surface area contributed by atoms with E-state index in [9.17, 15) is 0 Å². The van der Waals surface area contributed by atoms with Crippen LogP contribution in [0.25, 0.3) is 0 Å². The number of nitrogen functional groups attached to an aromatic ring is 1. The Hall–Kier alpha value is -1.20. The van der Waals surface area contributed by atoms with Gasteiger partial charge in [0.1, 0.15) is 11.6 Å². The van der Waals surface area contributed by atoms with Gasteiger partial charge in [-0.25, -0.2) is 15.8 Å². The molecule has 17 heavy (non-hydrogen) atoms. The second-order valence-corrected chi connectivity index (χ2v) is 4.52. The summed E-state index contributed by atoms with van der Waals surface area (Å²) in [6.07, 6.45) is 6.24. The first-order valence-corrected chi connectivity index (χ1v) is 6.17. The molecule has 5 nitrogen and oxygen atoms in total. The van der Waals surface area contributed by atoms with Crippen LogP contribution in [0.3, 0.4) is 0 Å². The average molecular weight is 236 g/mol. The van der Waals surface area contributed by atoms with Crippen LogP contribution in [0.1, 0.15) is 49.5 Å². The molecule has 94 valence electrons. The van der Waals surface area contributed by atoms with Gasteiger partial charge in [0.2, 0.25) is 0 Å². The molecule has 0 atom stereocenters. The lowest BCUT2D eigenvalue weighted by molar-refractivity contribution is 0.181. The maximum absolute atomic E-state index is 5.43. The molecular formula is C12H20N4O. The first-order valence-electron chi connectivity index (χ1n) is 6.17. The Bertz CT molecular complexity index is 364. The summed E-state index contributed by atoms with van der Waals surface area (Å²) in [5.74, 6) is 7.49.